The van der Waals surface area contributed by atoms with Crippen molar-refractivity contribution < 1.29 is 24.4 Å². The molecule has 0 aliphatic rings. The van der Waals surface area contributed by atoms with Gasteiger partial charge in [-0.1, -0.05) is 26.7 Å². The van der Waals surface area contributed by atoms with Crippen LogP contribution in [0, 0.1) is 0 Å². The second kappa shape index (κ2) is 14.7. The van der Waals surface area contributed by atoms with Gasteiger partial charge in [0.1, 0.15) is 5.75 Å². The van der Waals surface area contributed by atoms with E-state index in [1.54, 1.807) is 7.11 Å². The van der Waals surface area contributed by atoms with Crippen LogP contribution in [0.15, 0.2) is 24.3 Å². The third kappa shape index (κ3) is 10.5. The highest BCUT2D eigenvalue weighted by Crippen LogP contribution is 2.20. The van der Waals surface area contributed by atoms with Gasteiger partial charge in [0.05, 0.1) is 32.5 Å². The number of methoxy groups -OCH3 is 1. The molecule has 0 aromatic heterocycles. The molecule has 0 aliphatic carbocycles. The van der Waals surface area contributed by atoms with Crippen LogP contribution in [0.2, 0.25) is 0 Å². The van der Waals surface area contributed by atoms with Gasteiger partial charge in [0, 0.05) is 32.0 Å². The molecular formula is C21H37NO5. The van der Waals surface area contributed by atoms with E-state index in [-0.39, 0.29) is 13.2 Å². The fourth-order valence-corrected chi connectivity index (χ4v) is 2.62. The molecule has 2 N–H and O–H groups in total. The average Bonchev–Trinajstić information content (AvgIpc) is 2.68. The Morgan fingerprint density at radius 3 is 1.74 bits per heavy atom. The van der Waals surface area contributed by atoms with Gasteiger partial charge >= 0.3 is 0 Å². The topological polar surface area (TPSA) is 71.4 Å². The number of aliphatic hydroxyl groups excluding tert-OH is 2. The minimum atomic E-state index is -0.628. The highest BCUT2D eigenvalue weighted by molar-refractivity contribution is 5.49. The van der Waals surface area contributed by atoms with Crippen LogP contribution in [0.4, 0.5) is 5.69 Å². The van der Waals surface area contributed by atoms with Crippen molar-refractivity contribution in [2.24, 2.45) is 0 Å². The SMILES string of the molecule is CCCCOCC(O)CN(CC(O)COCCCC)c1ccc(OC)cc1. The molecule has 0 bridgehead atoms. The number of ether oxygens (including phenoxy) is 3. The molecule has 27 heavy (non-hydrogen) atoms. The predicted octanol–water partition coefficient (Wildman–Crippen LogP) is 2.86. The molecule has 6 heteroatoms. The predicted molar refractivity (Wildman–Crippen MR) is 109 cm³/mol. The third-order valence-electron chi connectivity index (χ3n) is 4.20. The molecular weight excluding hydrogens is 346 g/mol. The van der Waals surface area contributed by atoms with Crippen molar-refractivity contribution in [2.75, 3.05) is 51.5 Å². The second-order valence-corrected chi connectivity index (χ2v) is 6.77. The van der Waals surface area contributed by atoms with E-state index < -0.39 is 12.2 Å². The molecule has 0 heterocycles. The average molecular weight is 384 g/mol. The first-order valence-corrected chi connectivity index (χ1v) is 10.0. The van der Waals surface area contributed by atoms with E-state index in [0.29, 0.717) is 26.3 Å². The molecule has 1 rings (SSSR count). The first-order valence-electron chi connectivity index (χ1n) is 10.0. The van der Waals surface area contributed by atoms with Gasteiger partial charge in [-0.25, -0.2) is 0 Å². The monoisotopic (exact) mass is 383 g/mol. The molecule has 0 radical (unpaired) electrons. The lowest BCUT2D eigenvalue weighted by Crippen LogP contribution is -2.41. The fourth-order valence-electron chi connectivity index (χ4n) is 2.62. The summed E-state index contributed by atoms with van der Waals surface area (Å²) in [5.41, 5.74) is 0.913. The standard InChI is InChI=1S/C21H37NO5/c1-4-6-12-26-16-19(23)14-22(15-20(24)17-27-13-7-5-2)18-8-10-21(25-3)11-9-18/h8-11,19-20,23-24H,4-7,12-17H2,1-3H3. The van der Waals surface area contributed by atoms with Crippen molar-refractivity contribution in [1.82, 2.24) is 0 Å². The summed E-state index contributed by atoms with van der Waals surface area (Å²) in [5, 5.41) is 20.7. The van der Waals surface area contributed by atoms with Crippen LogP contribution in [0.3, 0.4) is 0 Å². The van der Waals surface area contributed by atoms with Gasteiger partial charge in [-0.05, 0) is 37.1 Å². The fraction of sp³-hybridized carbons (Fsp3) is 0.714. The Morgan fingerprint density at radius 2 is 1.33 bits per heavy atom. The molecule has 0 saturated carbocycles. The zero-order valence-corrected chi connectivity index (χ0v) is 17.1. The van der Waals surface area contributed by atoms with E-state index in [0.717, 1.165) is 37.1 Å². The van der Waals surface area contributed by atoms with Crippen LogP contribution < -0.4 is 9.64 Å². The Kier molecular flexibility index (Phi) is 12.9. The highest BCUT2D eigenvalue weighted by Gasteiger charge is 2.17. The maximum atomic E-state index is 10.3. The summed E-state index contributed by atoms with van der Waals surface area (Å²) in [5.74, 6) is 0.769. The zero-order valence-electron chi connectivity index (χ0n) is 17.1. The minimum Gasteiger partial charge on any atom is -0.497 e. The van der Waals surface area contributed by atoms with E-state index in [1.165, 1.54) is 0 Å². The lowest BCUT2D eigenvalue weighted by atomic mass is 10.2. The smallest absolute Gasteiger partial charge is 0.119 e. The summed E-state index contributed by atoms with van der Waals surface area (Å²) in [6, 6.07) is 7.59. The van der Waals surface area contributed by atoms with Gasteiger partial charge < -0.3 is 29.3 Å². The third-order valence-corrected chi connectivity index (χ3v) is 4.20. The van der Waals surface area contributed by atoms with Crippen molar-refractivity contribution in [3.05, 3.63) is 24.3 Å². The summed E-state index contributed by atoms with van der Waals surface area (Å²) in [6.45, 7) is 6.86. The molecule has 6 nitrogen and oxygen atoms in total. The number of rotatable bonds is 16. The summed E-state index contributed by atoms with van der Waals surface area (Å²) in [4.78, 5) is 1.96. The molecule has 0 saturated heterocycles. The summed E-state index contributed by atoms with van der Waals surface area (Å²) < 4.78 is 16.3. The van der Waals surface area contributed by atoms with E-state index in [9.17, 15) is 10.2 Å². The number of benzene rings is 1. The zero-order chi connectivity index (χ0) is 19.9. The van der Waals surface area contributed by atoms with E-state index in [4.69, 9.17) is 14.2 Å². The van der Waals surface area contributed by atoms with Gasteiger partial charge in [0.2, 0.25) is 0 Å². The lowest BCUT2D eigenvalue weighted by Gasteiger charge is -2.29. The minimum absolute atomic E-state index is 0.287. The number of aliphatic hydroxyl groups is 2. The number of anilines is 1. The lowest BCUT2D eigenvalue weighted by molar-refractivity contribution is 0.0288. The first-order chi connectivity index (χ1) is 13.1. The largest absolute Gasteiger partial charge is 0.497 e. The Morgan fingerprint density at radius 1 is 0.852 bits per heavy atom. The number of nitrogens with zero attached hydrogens (tertiary/aromatic N) is 1. The van der Waals surface area contributed by atoms with Gasteiger partial charge in [0.25, 0.3) is 0 Å². The Hall–Kier alpha value is -1.34. The van der Waals surface area contributed by atoms with Crippen LogP contribution >= 0.6 is 0 Å². The van der Waals surface area contributed by atoms with Crippen LogP contribution in [-0.2, 0) is 9.47 Å². The normalized spacial score (nSPS) is 13.4. The number of hydrogen-bond donors (Lipinski definition) is 2. The van der Waals surface area contributed by atoms with Crippen LogP contribution in [0.5, 0.6) is 5.75 Å². The van der Waals surface area contributed by atoms with Crippen molar-refractivity contribution >= 4 is 5.69 Å². The Balaban J connectivity index is 2.61. The van der Waals surface area contributed by atoms with Crippen molar-refractivity contribution in [2.45, 2.75) is 51.7 Å². The summed E-state index contributed by atoms with van der Waals surface area (Å²) in [7, 11) is 1.63. The van der Waals surface area contributed by atoms with Gasteiger partial charge in [0.15, 0.2) is 0 Å². The van der Waals surface area contributed by atoms with Crippen LogP contribution in [0.25, 0.3) is 0 Å². The molecule has 0 aliphatic heterocycles. The van der Waals surface area contributed by atoms with Crippen LogP contribution in [-0.4, -0.2) is 69.0 Å². The van der Waals surface area contributed by atoms with Crippen molar-refractivity contribution in [3.8, 4) is 5.75 Å². The van der Waals surface area contributed by atoms with Gasteiger partial charge in [-0.15, -0.1) is 0 Å². The van der Waals surface area contributed by atoms with Gasteiger partial charge in [-0.2, -0.15) is 0 Å². The molecule has 0 fully saturated rings. The number of hydrogen-bond acceptors (Lipinski definition) is 6. The molecule has 1 aromatic rings. The second-order valence-electron chi connectivity index (χ2n) is 6.77. The maximum absolute atomic E-state index is 10.3. The summed E-state index contributed by atoms with van der Waals surface area (Å²) in [6.07, 6.45) is 2.86. The van der Waals surface area contributed by atoms with Crippen LogP contribution in [0.1, 0.15) is 39.5 Å². The summed E-state index contributed by atoms with van der Waals surface area (Å²) >= 11 is 0. The van der Waals surface area contributed by atoms with Crippen molar-refractivity contribution in [1.29, 1.82) is 0 Å². The van der Waals surface area contributed by atoms with E-state index in [1.807, 2.05) is 29.2 Å². The van der Waals surface area contributed by atoms with E-state index in [2.05, 4.69) is 13.8 Å². The van der Waals surface area contributed by atoms with E-state index >= 15 is 0 Å². The molecule has 1 aromatic carbocycles. The molecule has 2 atom stereocenters. The highest BCUT2D eigenvalue weighted by atomic mass is 16.5. The Bertz CT molecular complexity index is 448. The molecule has 0 amide bonds. The Labute approximate surface area is 164 Å². The molecule has 2 unspecified atom stereocenters. The quantitative estimate of drug-likeness (QED) is 0.428. The van der Waals surface area contributed by atoms with Gasteiger partial charge in [-0.3, -0.25) is 0 Å². The number of unbranched alkanes of at least 4 members (excludes halogenated alkanes) is 2. The maximum Gasteiger partial charge on any atom is 0.119 e. The first kappa shape index (κ1) is 23.7. The van der Waals surface area contributed by atoms with Crippen molar-refractivity contribution in [3.63, 3.8) is 0 Å². The molecule has 0 spiro atoms. The molecule has 156 valence electrons.